The number of hydrogen-bond donors (Lipinski definition) is 3. The second-order valence-corrected chi connectivity index (χ2v) is 6.03. The molecule has 5 N–H and O–H groups in total. The number of nitrogens with one attached hydrogen (secondary N) is 1. The minimum atomic E-state index is -3.56. The van der Waals surface area contributed by atoms with E-state index in [1.807, 2.05) is 0 Å². The molecule has 1 aromatic rings. The molecule has 1 amide bonds. The van der Waals surface area contributed by atoms with Crippen molar-refractivity contribution in [2.24, 2.45) is 5.73 Å². The van der Waals surface area contributed by atoms with Gasteiger partial charge in [0.05, 0.1) is 4.90 Å². The first-order valence-corrected chi connectivity index (χ1v) is 7.46. The zero-order valence-corrected chi connectivity index (χ0v) is 11.7. The maximum absolute atomic E-state index is 12.0. The summed E-state index contributed by atoms with van der Waals surface area (Å²) < 4.78 is 26.6. The predicted molar refractivity (Wildman–Crippen MR) is 73.8 cm³/mol. The predicted octanol–water partition coefficient (Wildman–Crippen LogP) is 0.511. The molecule has 1 aromatic carbocycles. The summed E-state index contributed by atoms with van der Waals surface area (Å²) in [5.41, 5.74) is 11.7. The molecule has 6 nitrogen and oxygen atoms in total. The van der Waals surface area contributed by atoms with Gasteiger partial charge in [-0.1, -0.05) is 6.07 Å². The van der Waals surface area contributed by atoms with E-state index in [1.165, 1.54) is 6.07 Å². The van der Waals surface area contributed by atoms with E-state index in [0.717, 1.165) is 0 Å². The zero-order valence-electron chi connectivity index (χ0n) is 10.8. The van der Waals surface area contributed by atoms with Crippen LogP contribution in [0.4, 0.5) is 5.69 Å². The fraction of sp³-hybridized carbons (Fsp3) is 0.417. The number of benzene rings is 1. The van der Waals surface area contributed by atoms with Crippen molar-refractivity contribution in [1.82, 2.24) is 4.72 Å². The van der Waals surface area contributed by atoms with Crippen LogP contribution in [-0.4, -0.2) is 20.9 Å². The summed E-state index contributed by atoms with van der Waals surface area (Å²) in [4.78, 5) is 10.7. The Balaban J connectivity index is 2.61. The van der Waals surface area contributed by atoms with Crippen molar-refractivity contribution < 1.29 is 13.2 Å². The van der Waals surface area contributed by atoms with Gasteiger partial charge in [0, 0.05) is 18.7 Å². The number of nitrogens with two attached hydrogens (primary N) is 2. The lowest BCUT2D eigenvalue weighted by atomic mass is 10.2. The summed E-state index contributed by atoms with van der Waals surface area (Å²) in [7, 11) is -3.56. The van der Waals surface area contributed by atoms with Gasteiger partial charge < -0.3 is 11.5 Å². The number of primary amides is 1. The molecular formula is C12H19N3O3S. The number of anilines is 1. The normalized spacial score (nSPS) is 11.4. The maximum atomic E-state index is 12.0. The molecule has 19 heavy (non-hydrogen) atoms. The molecule has 1 rings (SSSR count). The molecule has 0 bridgehead atoms. The summed E-state index contributed by atoms with van der Waals surface area (Å²) >= 11 is 0. The molecule has 0 aliphatic carbocycles. The fourth-order valence-corrected chi connectivity index (χ4v) is 2.98. The Morgan fingerprint density at radius 2 is 2.00 bits per heavy atom. The zero-order chi connectivity index (χ0) is 14.5. The molecular weight excluding hydrogens is 266 g/mol. The van der Waals surface area contributed by atoms with Crippen LogP contribution in [0.2, 0.25) is 0 Å². The number of carbonyl (C=O) groups is 1. The van der Waals surface area contributed by atoms with Gasteiger partial charge in [-0.15, -0.1) is 0 Å². The smallest absolute Gasteiger partial charge is 0.240 e. The van der Waals surface area contributed by atoms with Crippen molar-refractivity contribution in [3.8, 4) is 0 Å². The Labute approximate surface area is 113 Å². The van der Waals surface area contributed by atoms with Crippen LogP contribution in [0.15, 0.2) is 23.1 Å². The number of rotatable bonds is 7. The SMILES string of the molecule is Cc1c(N)cccc1S(=O)(=O)NCCCCC(N)=O. The molecule has 7 heteroatoms. The third kappa shape index (κ3) is 4.53. The van der Waals surface area contributed by atoms with Crippen LogP contribution in [0.25, 0.3) is 0 Å². The van der Waals surface area contributed by atoms with Gasteiger partial charge in [-0.05, 0) is 37.5 Å². The first kappa shape index (κ1) is 15.5. The van der Waals surface area contributed by atoms with Crippen molar-refractivity contribution in [1.29, 1.82) is 0 Å². The highest BCUT2D eigenvalue weighted by atomic mass is 32.2. The summed E-state index contributed by atoms with van der Waals surface area (Å²) in [6, 6.07) is 4.77. The standard InChI is InChI=1S/C12H19N3O3S/c1-9-10(13)5-4-6-11(9)19(17,18)15-8-3-2-7-12(14)16/h4-6,15H,2-3,7-8,13H2,1H3,(H2,14,16). The van der Waals surface area contributed by atoms with Gasteiger partial charge in [0.25, 0.3) is 0 Å². The highest BCUT2D eigenvalue weighted by Gasteiger charge is 2.16. The molecule has 106 valence electrons. The van der Waals surface area contributed by atoms with Crippen LogP contribution < -0.4 is 16.2 Å². The molecule has 0 aromatic heterocycles. The quantitative estimate of drug-likeness (QED) is 0.500. The van der Waals surface area contributed by atoms with Crippen LogP contribution in [0.5, 0.6) is 0 Å². The van der Waals surface area contributed by atoms with Crippen LogP contribution in [0.1, 0.15) is 24.8 Å². The highest BCUT2D eigenvalue weighted by molar-refractivity contribution is 7.89. The van der Waals surface area contributed by atoms with Crippen molar-refractivity contribution >= 4 is 21.6 Å². The molecule has 0 unspecified atom stereocenters. The second-order valence-electron chi connectivity index (χ2n) is 4.29. The lowest BCUT2D eigenvalue weighted by Crippen LogP contribution is -2.26. The average molecular weight is 285 g/mol. The first-order valence-electron chi connectivity index (χ1n) is 5.97. The minimum absolute atomic E-state index is 0.183. The van der Waals surface area contributed by atoms with Crippen molar-refractivity contribution in [2.75, 3.05) is 12.3 Å². The molecule has 0 heterocycles. The van der Waals surface area contributed by atoms with Crippen LogP contribution in [0, 0.1) is 6.92 Å². The van der Waals surface area contributed by atoms with E-state index in [2.05, 4.69) is 4.72 Å². The molecule has 0 saturated heterocycles. The van der Waals surface area contributed by atoms with Crippen LogP contribution in [-0.2, 0) is 14.8 Å². The van der Waals surface area contributed by atoms with E-state index < -0.39 is 10.0 Å². The molecule has 0 aliphatic rings. The van der Waals surface area contributed by atoms with Crippen molar-refractivity contribution in [2.45, 2.75) is 31.1 Å². The van der Waals surface area contributed by atoms with E-state index in [1.54, 1.807) is 19.1 Å². The summed E-state index contributed by atoms with van der Waals surface area (Å²) in [6.45, 7) is 1.93. The van der Waals surface area contributed by atoms with Crippen molar-refractivity contribution in [3.05, 3.63) is 23.8 Å². The summed E-state index contributed by atoms with van der Waals surface area (Å²) in [6.07, 6.45) is 1.39. The second kappa shape index (κ2) is 6.53. The van der Waals surface area contributed by atoms with Crippen LogP contribution >= 0.6 is 0 Å². The number of sulfonamides is 1. The Hall–Kier alpha value is -1.60. The largest absolute Gasteiger partial charge is 0.398 e. The Bertz CT molecular complexity index is 555. The Morgan fingerprint density at radius 3 is 2.63 bits per heavy atom. The van der Waals surface area contributed by atoms with E-state index in [9.17, 15) is 13.2 Å². The van der Waals surface area contributed by atoms with Gasteiger partial charge in [-0.2, -0.15) is 0 Å². The minimum Gasteiger partial charge on any atom is -0.398 e. The molecule has 0 aliphatic heterocycles. The number of nitrogen functional groups attached to an aromatic ring is 1. The number of amides is 1. The lowest BCUT2D eigenvalue weighted by molar-refractivity contribution is -0.118. The third-order valence-corrected chi connectivity index (χ3v) is 4.36. The summed E-state index contributed by atoms with van der Waals surface area (Å²) in [5, 5.41) is 0. The number of unbranched alkanes of at least 4 members (excludes halogenated alkanes) is 1. The van der Waals surface area contributed by atoms with Gasteiger partial charge in [-0.25, -0.2) is 13.1 Å². The monoisotopic (exact) mass is 285 g/mol. The van der Waals surface area contributed by atoms with E-state index in [0.29, 0.717) is 24.1 Å². The molecule has 0 spiro atoms. The van der Waals surface area contributed by atoms with Gasteiger partial charge in [0.1, 0.15) is 0 Å². The lowest BCUT2D eigenvalue weighted by Gasteiger charge is -2.10. The number of hydrogen-bond acceptors (Lipinski definition) is 4. The number of carbonyl (C=O) groups excluding carboxylic acids is 1. The van der Waals surface area contributed by atoms with E-state index in [-0.39, 0.29) is 23.8 Å². The Kier molecular flexibility index (Phi) is 5.31. The van der Waals surface area contributed by atoms with Gasteiger partial charge >= 0.3 is 0 Å². The van der Waals surface area contributed by atoms with Crippen molar-refractivity contribution in [3.63, 3.8) is 0 Å². The third-order valence-electron chi connectivity index (χ3n) is 2.76. The topological polar surface area (TPSA) is 115 Å². The van der Waals surface area contributed by atoms with Gasteiger partial charge in [0.2, 0.25) is 15.9 Å². The van der Waals surface area contributed by atoms with E-state index >= 15 is 0 Å². The average Bonchev–Trinajstić information content (AvgIpc) is 2.31. The molecule has 0 atom stereocenters. The summed E-state index contributed by atoms with van der Waals surface area (Å²) in [5.74, 6) is -0.380. The molecule has 0 radical (unpaired) electrons. The molecule has 0 saturated carbocycles. The fourth-order valence-electron chi connectivity index (χ4n) is 1.63. The van der Waals surface area contributed by atoms with Crippen LogP contribution in [0.3, 0.4) is 0 Å². The van der Waals surface area contributed by atoms with Gasteiger partial charge in [-0.3, -0.25) is 4.79 Å². The Morgan fingerprint density at radius 1 is 1.32 bits per heavy atom. The molecule has 0 fully saturated rings. The maximum Gasteiger partial charge on any atom is 0.240 e. The highest BCUT2D eigenvalue weighted by Crippen LogP contribution is 2.20. The first-order chi connectivity index (χ1) is 8.84. The van der Waals surface area contributed by atoms with Gasteiger partial charge in [0.15, 0.2) is 0 Å². The van der Waals surface area contributed by atoms with E-state index in [4.69, 9.17) is 11.5 Å².